The van der Waals surface area contributed by atoms with E-state index in [4.69, 9.17) is 19.4 Å². The minimum Gasteiger partial charge on any atom is -0.444 e. The van der Waals surface area contributed by atoms with Crippen molar-refractivity contribution in [2.45, 2.75) is 102 Å². The fourth-order valence-corrected chi connectivity index (χ4v) is 8.83. The lowest BCUT2D eigenvalue weighted by Crippen LogP contribution is -2.48. The molecule has 2 saturated carbocycles. The first kappa shape index (κ1) is 32.6. The second-order valence-electron chi connectivity index (χ2n) is 16.9. The van der Waals surface area contributed by atoms with Gasteiger partial charge in [0, 0.05) is 13.1 Å². The largest absolute Gasteiger partial charge is 0.444 e. The van der Waals surface area contributed by atoms with Crippen LogP contribution in [0.3, 0.4) is 0 Å². The number of hydrogen-bond donors (Lipinski definition) is 2. The van der Waals surface area contributed by atoms with Crippen molar-refractivity contribution in [1.82, 2.24) is 29.7 Å². The zero-order chi connectivity index (χ0) is 35.1. The summed E-state index contributed by atoms with van der Waals surface area (Å²) in [7, 11) is 0. The van der Waals surface area contributed by atoms with Gasteiger partial charge in [0.25, 0.3) is 0 Å². The average Bonchev–Trinajstić information content (AvgIpc) is 3.92. The first-order chi connectivity index (χ1) is 23.7. The van der Waals surface area contributed by atoms with Crippen LogP contribution < -0.4 is 0 Å². The fraction of sp³-hybridized carbons (Fsp3) is 0.500. The van der Waals surface area contributed by atoms with Crippen LogP contribution in [0, 0.1) is 11.8 Å². The van der Waals surface area contributed by atoms with Crippen molar-refractivity contribution in [3.8, 4) is 33.6 Å². The third-order valence-electron chi connectivity index (χ3n) is 11.1. The highest BCUT2D eigenvalue weighted by atomic mass is 16.6. The number of nitrogens with one attached hydrogen (secondary N) is 2. The number of likely N-dealkylation sites (tertiary alicyclic amines) is 2. The minimum absolute atomic E-state index is 0.258. The molecule has 0 spiro atoms. The molecule has 2 aromatic carbocycles. The van der Waals surface area contributed by atoms with Gasteiger partial charge in [0.05, 0.1) is 23.8 Å². The van der Waals surface area contributed by atoms with Crippen molar-refractivity contribution in [3.63, 3.8) is 0 Å². The first-order valence-electron chi connectivity index (χ1n) is 18.0. The number of nitrogens with zero attached hydrogens (tertiary/aromatic N) is 4. The van der Waals surface area contributed by atoms with Gasteiger partial charge in [-0.1, -0.05) is 48.5 Å². The van der Waals surface area contributed by atoms with Gasteiger partial charge in [0.15, 0.2) is 0 Å². The van der Waals surface area contributed by atoms with Crippen LogP contribution in [-0.2, 0) is 20.6 Å². The van der Waals surface area contributed by atoms with Crippen LogP contribution >= 0.6 is 0 Å². The smallest absolute Gasteiger partial charge is 0.411 e. The Labute approximate surface area is 294 Å². The highest BCUT2D eigenvalue weighted by Gasteiger charge is 2.57. The maximum atomic E-state index is 13.2. The molecule has 4 bridgehead atoms. The highest BCUT2D eigenvalue weighted by Crippen LogP contribution is 2.54. The third kappa shape index (κ3) is 5.66. The molecule has 10 nitrogen and oxygen atoms in total. The van der Waals surface area contributed by atoms with Crippen molar-refractivity contribution >= 4 is 12.2 Å². The summed E-state index contributed by atoms with van der Waals surface area (Å²) in [5.41, 5.74) is 4.24. The lowest BCUT2D eigenvalue weighted by molar-refractivity contribution is -0.000491. The fourth-order valence-electron chi connectivity index (χ4n) is 8.83. The monoisotopic (exact) mass is 676 g/mol. The molecule has 4 aromatic rings. The summed E-state index contributed by atoms with van der Waals surface area (Å²) in [6.45, 7) is 12.9. The molecule has 8 rings (SSSR count). The SMILES string of the molecule is CC(C)(C)OC(=O)N1CC2CCC1(c1ncc(-c3ccc(-c4ccc(-c5cnc(C67CCC(CN6C(=O)OC(C)(C)C)C7)[nH]5)cc4)cc3)[nH]1)C2. The summed E-state index contributed by atoms with van der Waals surface area (Å²) in [6.07, 6.45) is 9.06. The van der Waals surface area contributed by atoms with Gasteiger partial charge in [-0.3, -0.25) is 9.80 Å². The molecule has 4 atom stereocenters. The minimum atomic E-state index is -0.541. The number of aromatic amines is 2. The Morgan fingerprint density at radius 1 is 0.640 bits per heavy atom. The number of hydrogen-bond acceptors (Lipinski definition) is 6. The molecule has 4 fully saturated rings. The number of aromatic nitrogens is 4. The molecule has 2 aliphatic carbocycles. The Bertz CT molecular complexity index is 1780. The van der Waals surface area contributed by atoms with Crippen LogP contribution in [0.2, 0.25) is 0 Å². The van der Waals surface area contributed by atoms with Crippen molar-refractivity contribution in [1.29, 1.82) is 0 Å². The van der Waals surface area contributed by atoms with Crippen molar-refractivity contribution in [3.05, 3.63) is 72.6 Å². The second kappa shape index (κ2) is 11.5. The number of rotatable bonds is 5. The number of H-pyrrole nitrogens is 2. The van der Waals surface area contributed by atoms with E-state index >= 15 is 0 Å². The Kier molecular flexibility index (Phi) is 7.48. The lowest BCUT2D eigenvalue weighted by Gasteiger charge is -2.38. The maximum absolute atomic E-state index is 13.2. The van der Waals surface area contributed by atoms with Crippen LogP contribution in [-0.4, -0.2) is 66.2 Å². The maximum Gasteiger partial charge on any atom is 0.411 e. The molecule has 4 unspecified atom stereocenters. The average molecular weight is 677 g/mol. The summed E-state index contributed by atoms with van der Waals surface area (Å²) in [5.74, 6) is 2.65. The van der Waals surface area contributed by atoms with Crippen LogP contribution in [0.15, 0.2) is 60.9 Å². The summed E-state index contributed by atoms with van der Waals surface area (Å²) >= 11 is 0. The number of piperidine rings is 2. The molecular weight excluding hydrogens is 628 g/mol. The van der Waals surface area contributed by atoms with Gasteiger partial charge in [-0.25, -0.2) is 19.6 Å². The number of carbonyl (C=O) groups excluding carboxylic acids is 2. The number of imidazole rings is 2. The van der Waals surface area contributed by atoms with Gasteiger partial charge in [-0.15, -0.1) is 0 Å². The van der Waals surface area contributed by atoms with E-state index in [1.165, 1.54) is 0 Å². The quantitative estimate of drug-likeness (QED) is 0.219. The Balaban J connectivity index is 0.968. The van der Waals surface area contributed by atoms with E-state index in [-0.39, 0.29) is 12.2 Å². The zero-order valence-electron chi connectivity index (χ0n) is 30.0. The van der Waals surface area contributed by atoms with Crippen LogP contribution in [0.4, 0.5) is 9.59 Å². The molecule has 2 saturated heterocycles. The van der Waals surface area contributed by atoms with Crippen molar-refractivity contribution in [2.75, 3.05) is 13.1 Å². The molecule has 50 heavy (non-hydrogen) atoms. The lowest BCUT2D eigenvalue weighted by atomic mass is 9.96. The van der Waals surface area contributed by atoms with Gasteiger partial charge in [-0.2, -0.15) is 0 Å². The summed E-state index contributed by atoms with van der Waals surface area (Å²) in [6, 6.07) is 17.0. The number of benzene rings is 2. The van der Waals surface area contributed by atoms with E-state index in [2.05, 4.69) is 58.5 Å². The standard InChI is InChI=1S/C40H48N6O4/c1-37(2,3)49-35(47)45-23-25-15-17-39(45,19-25)33-41-21-31(43-33)29-11-7-27(8-12-29)28-9-13-30(14-10-28)32-22-42-34(44-32)40-18-16-26(20-40)24-46(40)36(48)50-38(4,5)6/h7-14,21-22,25-26H,15-20,23-24H2,1-6H3,(H,41,43)(H,42,44). The summed E-state index contributed by atoms with van der Waals surface area (Å²) in [5, 5.41) is 0. The van der Waals surface area contributed by atoms with Crippen molar-refractivity contribution in [2.24, 2.45) is 11.8 Å². The highest BCUT2D eigenvalue weighted by molar-refractivity contribution is 5.73. The van der Waals surface area contributed by atoms with Gasteiger partial charge in [-0.05, 0) is 114 Å². The summed E-state index contributed by atoms with van der Waals surface area (Å²) < 4.78 is 11.6. The van der Waals surface area contributed by atoms with E-state index in [0.717, 1.165) is 83.8 Å². The van der Waals surface area contributed by atoms with E-state index in [0.29, 0.717) is 24.9 Å². The molecule has 2 aliphatic heterocycles. The molecule has 2 amide bonds. The Hall–Kier alpha value is -4.60. The molecule has 4 aliphatic rings. The number of ether oxygens (including phenoxy) is 2. The predicted octanol–water partition coefficient (Wildman–Crippen LogP) is 8.63. The number of amides is 2. The molecule has 2 N–H and O–H groups in total. The van der Waals surface area contributed by atoms with Gasteiger partial charge in [0.1, 0.15) is 33.9 Å². The molecular formula is C40H48N6O4. The zero-order valence-corrected chi connectivity index (χ0v) is 30.0. The van der Waals surface area contributed by atoms with Gasteiger partial charge >= 0.3 is 12.2 Å². The van der Waals surface area contributed by atoms with Crippen LogP contribution in [0.1, 0.15) is 91.7 Å². The van der Waals surface area contributed by atoms with E-state index in [1.807, 2.05) is 63.7 Å². The van der Waals surface area contributed by atoms with Crippen LogP contribution in [0.25, 0.3) is 33.6 Å². The van der Waals surface area contributed by atoms with Crippen molar-refractivity contribution < 1.29 is 19.1 Å². The van der Waals surface area contributed by atoms with Gasteiger partial charge in [0.2, 0.25) is 0 Å². The predicted molar refractivity (Wildman–Crippen MR) is 191 cm³/mol. The third-order valence-corrected chi connectivity index (χ3v) is 11.1. The summed E-state index contributed by atoms with van der Waals surface area (Å²) in [4.78, 5) is 46.9. The Morgan fingerprint density at radius 2 is 1.00 bits per heavy atom. The van der Waals surface area contributed by atoms with Crippen LogP contribution in [0.5, 0.6) is 0 Å². The molecule has 0 radical (unpaired) electrons. The molecule has 262 valence electrons. The van der Waals surface area contributed by atoms with Gasteiger partial charge < -0.3 is 19.4 Å². The molecule has 10 heteroatoms. The normalized spacial score (nSPS) is 25.8. The number of fused-ring (bicyclic) bond motifs is 4. The Morgan fingerprint density at radius 3 is 1.34 bits per heavy atom. The molecule has 2 aromatic heterocycles. The second-order valence-corrected chi connectivity index (χ2v) is 16.9. The van der Waals surface area contributed by atoms with E-state index in [9.17, 15) is 9.59 Å². The van der Waals surface area contributed by atoms with E-state index < -0.39 is 22.3 Å². The first-order valence-corrected chi connectivity index (χ1v) is 18.0. The topological polar surface area (TPSA) is 116 Å². The number of carbonyl (C=O) groups is 2. The molecule has 4 heterocycles. The van der Waals surface area contributed by atoms with E-state index in [1.54, 1.807) is 0 Å².